The zero-order chi connectivity index (χ0) is 14.2. The van der Waals surface area contributed by atoms with Gasteiger partial charge in [-0.25, -0.2) is 18.5 Å². The minimum atomic E-state index is -3.75. The van der Waals surface area contributed by atoms with Gasteiger partial charge >= 0.3 is 0 Å². The van der Waals surface area contributed by atoms with Gasteiger partial charge in [-0.3, -0.25) is 0 Å². The lowest BCUT2D eigenvalue weighted by molar-refractivity contribution is 0.594. The molecule has 0 unspecified atom stereocenters. The largest absolute Gasteiger partial charge is 0.329 e. The average Bonchev–Trinajstić information content (AvgIpc) is 2.58. The third-order valence-electron chi connectivity index (χ3n) is 2.88. The average molecular weight is 279 g/mol. The lowest BCUT2D eigenvalue weighted by Gasteiger charge is -2.07. The summed E-state index contributed by atoms with van der Waals surface area (Å²) in [5.74, 6) is 0.628. The second-order valence-electron chi connectivity index (χ2n) is 4.80. The summed E-state index contributed by atoms with van der Waals surface area (Å²) in [7, 11) is -3.75. The van der Waals surface area contributed by atoms with Crippen molar-refractivity contribution >= 4 is 10.0 Å². The summed E-state index contributed by atoms with van der Waals surface area (Å²) < 4.78 is 24.3. The smallest absolute Gasteiger partial charge is 0.257 e. The molecule has 6 heteroatoms. The predicted molar refractivity (Wildman–Crippen MR) is 73.4 cm³/mol. The first-order valence-corrected chi connectivity index (χ1v) is 7.44. The Kier molecular flexibility index (Phi) is 3.47. The van der Waals surface area contributed by atoms with Gasteiger partial charge < -0.3 is 4.57 Å². The standard InChI is InChI=1S/C13H17N3O2S/c1-9-4-10(2)6-12(5-9)7-16-8-13(15-11(16)3)19(14,17)18/h4-6,8H,7H2,1-3H3,(H2,14,17,18). The van der Waals surface area contributed by atoms with Crippen LogP contribution >= 0.6 is 0 Å². The minimum absolute atomic E-state index is 0.0885. The number of sulfonamides is 1. The maximum absolute atomic E-state index is 11.3. The van der Waals surface area contributed by atoms with E-state index in [1.165, 1.54) is 17.3 Å². The van der Waals surface area contributed by atoms with Gasteiger partial charge in [-0.05, 0) is 26.3 Å². The van der Waals surface area contributed by atoms with Gasteiger partial charge in [-0.15, -0.1) is 0 Å². The molecule has 0 saturated heterocycles. The van der Waals surface area contributed by atoms with Gasteiger partial charge in [0.1, 0.15) is 5.82 Å². The van der Waals surface area contributed by atoms with E-state index in [4.69, 9.17) is 5.14 Å². The fourth-order valence-electron chi connectivity index (χ4n) is 2.13. The van der Waals surface area contributed by atoms with E-state index in [1.807, 2.05) is 13.8 Å². The topological polar surface area (TPSA) is 78.0 Å². The fourth-order valence-corrected chi connectivity index (χ4v) is 2.67. The lowest BCUT2D eigenvalue weighted by atomic mass is 10.1. The van der Waals surface area contributed by atoms with Crippen molar-refractivity contribution in [2.45, 2.75) is 32.3 Å². The molecule has 0 spiro atoms. The number of hydrogen-bond donors (Lipinski definition) is 1. The van der Waals surface area contributed by atoms with Crippen LogP contribution < -0.4 is 5.14 Å². The number of rotatable bonds is 3. The Morgan fingerprint density at radius 3 is 2.21 bits per heavy atom. The van der Waals surface area contributed by atoms with Crippen LogP contribution in [0.4, 0.5) is 0 Å². The summed E-state index contributed by atoms with van der Waals surface area (Å²) in [6.45, 7) is 6.41. The van der Waals surface area contributed by atoms with E-state index >= 15 is 0 Å². The van der Waals surface area contributed by atoms with Crippen molar-refractivity contribution in [2.24, 2.45) is 5.14 Å². The third kappa shape index (κ3) is 3.21. The van der Waals surface area contributed by atoms with Gasteiger partial charge in [-0.1, -0.05) is 29.3 Å². The molecule has 0 amide bonds. The van der Waals surface area contributed by atoms with Crippen molar-refractivity contribution in [3.8, 4) is 0 Å². The van der Waals surface area contributed by atoms with Gasteiger partial charge in [0.05, 0.1) is 0 Å². The van der Waals surface area contributed by atoms with Gasteiger partial charge in [0, 0.05) is 12.7 Å². The molecule has 0 aliphatic rings. The summed E-state index contributed by atoms with van der Waals surface area (Å²) in [5.41, 5.74) is 3.47. The molecule has 2 rings (SSSR count). The van der Waals surface area contributed by atoms with Crippen molar-refractivity contribution < 1.29 is 8.42 Å². The molecule has 0 aliphatic carbocycles. The number of aromatic nitrogens is 2. The minimum Gasteiger partial charge on any atom is -0.329 e. The summed E-state index contributed by atoms with van der Waals surface area (Å²) in [6, 6.07) is 6.24. The van der Waals surface area contributed by atoms with E-state index in [2.05, 4.69) is 23.2 Å². The Morgan fingerprint density at radius 1 is 1.16 bits per heavy atom. The Balaban J connectivity index is 2.36. The van der Waals surface area contributed by atoms with Crippen molar-refractivity contribution in [1.29, 1.82) is 0 Å². The van der Waals surface area contributed by atoms with Crippen molar-refractivity contribution in [2.75, 3.05) is 0 Å². The molecule has 0 fully saturated rings. The van der Waals surface area contributed by atoms with Crippen LogP contribution in [-0.2, 0) is 16.6 Å². The first-order chi connectivity index (χ1) is 8.75. The van der Waals surface area contributed by atoms with Gasteiger partial charge in [0.15, 0.2) is 5.03 Å². The number of nitrogens with two attached hydrogens (primary N) is 1. The van der Waals surface area contributed by atoms with Crippen LogP contribution in [0.5, 0.6) is 0 Å². The Morgan fingerprint density at radius 2 is 1.74 bits per heavy atom. The van der Waals surface area contributed by atoms with Crippen LogP contribution in [0.15, 0.2) is 29.4 Å². The molecule has 1 aromatic carbocycles. The number of hydrogen-bond acceptors (Lipinski definition) is 3. The SMILES string of the molecule is Cc1cc(C)cc(Cn2cc(S(N)(=O)=O)nc2C)c1. The monoisotopic (exact) mass is 279 g/mol. The summed E-state index contributed by atoms with van der Waals surface area (Å²) in [6.07, 6.45) is 1.47. The number of imidazole rings is 1. The molecule has 0 saturated carbocycles. The molecule has 2 N–H and O–H groups in total. The highest BCUT2D eigenvalue weighted by Crippen LogP contribution is 2.13. The number of benzene rings is 1. The third-order valence-corrected chi connectivity index (χ3v) is 3.66. The van der Waals surface area contributed by atoms with Crippen molar-refractivity contribution in [3.05, 3.63) is 46.9 Å². The van der Waals surface area contributed by atoms with Crippen LogP contribution in [0.1, 0.15) is 22.5 Å². The highest BCUT2D eigenvalue weighted by molar-refractivity contribution is 7.89. The molecule has 0 aliphatic heterocycles. The van der Waals surface area contributed by atoms with Crippen LogP contribution in [0.2, 0.25) is 0 Å². The van der Waals surface area contributed by atoms with E-state index in [-0.39, 0.29) is 5.03 Å². The quantitative estimate of drug-likeness (QED) is 0.925. The Bertz CT molecular complexity index is 697. The number of nitrogens with zero attached hydrogens (tertiary/aromatic N) is 2. The van der Waals surface area contributed by atoms with Crippen molar-refractivity contribution in [3.63, 3.8) is 0 Å². The molecule has 1 heterocycles. The Labute approximate surface area is 113 Å². The summed E-state index contributed by atoms with van der Waals surface area (Å²) >= 11 is 0. The molecule has 5 nitrogen and oxygen atoms in total. The van der Waals surface area contributed by atoms with Gasteiger partial charge in [0.25, 0.3) is 10.0 Å². The zero-order valence-corrected chi connectivity index (χ0v) is 12.0. The maximum Gasteiger partial charge on any atom is 0.257 e. The number of primary sulfonamides is 1. The van der Waals surface area contributed by atoms with E-state index in [0.717, 1.165) is 5.56 Å². The van der Waals surface area contributed by atoms with E-state index in [9.17, 15) is 8.42 Å². The van der Waals surface area contributed by atoms with Gasteiger partial charge in [-0.2, -0.15) is 0 Å². The van der Waals surface area contributed by atoms with E-state index < -0.39 is 10.0 Å². The Hall–Kier alpha value is -1.66. The molecular weight excluding hydrogens is 262 g/mol. The molecule has 0 bridgehead atoms. The molecule has 19 heavy (non-hydrogen) atoms. The first kappa shape index (κ1) is 13.8. The fraction of sp³-hybridized carbons (Fsp3) is 0.308. The first-order valence-electron chi connectivity index (χ1n) is 5.89. The van der Waals surface area contributed by atoms with Gasteiger partial charge in [0.2, 0.25) is 0 Å². The summed E-state index contributed by atoms with van der Waals surface area (Å²) in [4.78, 5) is 3.97. The molecule has 0 radical (unpaired) electrons. The predicted octanol–water partition coefficient (Wildman–Crippen LogP) is 1.50. The highest BCUT2D eigenvalue weighted by atomic mass is 32.2. The zero-order valence-electron chi connectivity index (χ0n) is 11.2. The molecular formula is C13H17N3O2S. The van der Waals surface area contributed by atoms with Crippen LogP contribution in [0, 0.1) is 20.8 Å². The highest BCUT2D eigenvalue weighted by Gasteiger charge is 2.14. The second-order valence-corrected chi connectivity index (χ2v) is 6.30. The van der Waals surface area contributed by atoms with Crippen molar-refractivity contribution in [1.82, 2.24) is 9.55 Å². The number of aryl methyl sites for hydroxylation is 3. The van der Waals surface area contributed by atoms with Crippen LogP contribution in [0.25, 0.3) is 0 Å². The molecule has 2 aromatic rings. The molecule has 0 atom stereocenters. The molecule has 1 aromatic heterocycles. The molecule has 102 valence electrons. The van der Waals surface area contributed by atoms with E-state index in [1.54, 1.807) is 11.5 Å². The second kappa shape index (κ2) is 4.79. The summed E-state index contributed by atoms with van der Waals surface area (Å²) in [5, 5.41) is 4.99. The van der Waals surface area contributed by atoms with Crippen LogP contribution in [0.3, 0.4) is 0 Å². The van der Waals surface area contributed by atoms with Crippen LogP contribution in [-0.4, -0.2) is 18.0 Å². The normalized spacial score (nSPS) is 11.8. The maximum atomic E-state index is 11.3. The lowest BCUT2D eigenvalue weighted by Crippen LogP contribution is -2.12. The van der Waals surface area contributed by atoms with E-state index in [0.29, 0.717) is 12.4 Å².